The molecule has 26 heavy (non-hydrogen) atoms. The number of hydrogen-bond donors (Lipinski definition) is 0. The summed E-state index contributed by atoms with van der Waals surface area (Å²) in [5, 5.41) is 0.491. The zero-order valence-electron chi connectivity index (χ0n) is 15.4. The number of fused-ring (bicyclic) bond motifs is 1. The van der Waals surface area contributed by atoms with E-state index in [0.717, 1.165) is 35.2 Å². The van der Waals surface area contributed by atoms with Gasteiger partial charge < -0.3 is 14.2 Å². The molecule has 1 aliphatic carbocycles. The average Bonchev–Trinajstić information content (AvgIpc) is 2.69. The Balaban J connectivity index is 2.14. The van der Waals surface area contributed by atoms with E-state index in [0.29, 0.717) is 23.1 Å². The van der Waals surface area contributed by atoms with Gasteiger partial charge in [-0.25, -0.2) is 4.98 Å². The van der Waals surface area contributed by atoms with Crippen molar-refractivity contribution in [3.8, 4) is 22.8 Å². The average molecular weight is 376 g/mol. The molecule has 0 bridgehead atoms. The molecule has 0 saturated carbocycles. The molecule has 1 unspecified atom stereocenters. The van der Waals surface area contributed by atoms with Crippen molar-refractivity contribution >= 4 is 17.6 Å². The topological polar surface area (TPSA) is 57.7 Å². The van der Waals surface area contributed by atoms with Gasteiger partial charge >= 0.3 is 5.97 Å². The van der Waals surface area contributed by atoms with Crippen molar-refractivity contribution in [2.45, 2.75) is 26.2 Å². The highest BCUT2D eigenvalue weighted by Gasteiger charge is 2.30. The maximum Gasteiger partial charge on any atom is 0.309 e. The second-order valence-electron chi connectivity index (χ2n) is 6.37. The first-order chi connectivity index (χ1) is 12.5. The Morgan fingerprint density at radius 1 is 1.15 bits per heavy atom. The van der Waals surface area contributed by atoms with E-state index in [1.807, 2.05) is 25.1 Å². The Hall–Kier alpha value is -2.27. The van der Waals surface area contributed by atoms with Gasteiger partial charge in [0.25, 0.3) is 0 Å². The van der Waals surface area contributed by atoms with Crippen LogP contribution in [-0.4, -0.2) is 32.3 Å². The molecule has 0 saturated heterocycles. The molecule has 0 N–H and O–H groups in total. The molecule has 2 aromatic rings. The second-order valence-corrected chi connectivity index (χ2v) is 6.72. The van der Waals surface area contributed by atoms with Crippen LogP contribution in [0.3, 0.4) is 0 Å². The van der Waals surface area contributed by atoms with Gasteiger partial charge in [0.2, 0.25) is 0 Å². The molecule has 0 aliphatic heterocycles. The normalized spacial score (nSPS) is 16.0. The van der Waals surface area contributed by atoms with Crippen LogP contribution in [0.5, 0.6) is 11.5 Å². The number of rotatable bonds is 4. The van der Waals surface area contributed by atoms with Gasteiger partial charge in [0.15, 0.2) is 11.5 Å². The van der Waals surface area contributed by atoms with Crippen molar-refractivity contribution < 1.29 is 19.0 Å². The minimum atomic E-state index is -0.179. The SMILES string of the molecule is COC(=O)C1CCc2c(C)c(Cl)nc(-c3ccc(OC)c(OC)c3)c2C1. The number of ether oxygens (including phenoxy) is 3. The number of esters is 1. The van der Waals surface area contributed by atoms with Crippen molar-refractivity contribution in [3.05, 3.63) is 40.0 Å². The van der Waals surface area contributed by atoms with Crippen molar-refractivity contribution in [2.24, 2.45) is 5.92 Å². The zero-order chi connectivity index (χ0) is 18.8. The Morgan fingerprint density at radius 3 is 2.54 bits per heavy atom. The van der Waals surface area contributed by atoms with Crippen molar-refractivity contribution in [2.75, 3.05) is 21.3 Å². The molecule has 0 spiro atoms. The molecule has 1 aromatic carbocycles. The maximum atomic E-state index is 12.1. The van der Waals surface area contributed by atoms with Gasteiger partial charge in [0.05, 0.1) is 32.9 Å². The van der Waals surface area contributed by atoms with Gasteiger partial charge in [-0.1, -0.05) is 11.6 Å². The minimum absolute atomic E-state index is 0.159. The fourth-order valence-electron chi connectivity index (χ4n) is 3.56. The Bertz CT molecular complexity index is 850. The van der Waals surface area contributed by atoms with Crippen LogP contribution in [-0.2, 0) is 22.4 Å². The van der Waals surface area contributed by atoms with E-state index in [2.05, 4.69) is 4.98 Å². The molecule has 5 nitrogen and oxygen atoms in total. The van der Waals surface area contributed by atoms with Crippen molar-refractivity contribution in [3.63, 3.8) is 0 Å². The summed E-state index contributed by atoms with van der Waals surface area (Å²) in [5.41, 5.74) is 4.88. The van der Waals surface area contributed by atoms with Gasteiger partial charge in [0, 0.05) is 5.56 Å². The van der Waals surface area contributed by atoms with E-state index in [9.17, 15) is 4.79 Å². The van der Waals surface area contributed by atoms with Crippen LogP contribution in [0, 0.1) is 12.8 Å². The third kappa shape index (κ3) is 3.23. The Labute approximate surface area is 158 Å². The third-order valence-corrected chi connectivity index (χ3v) is 5.38. The lowest BCUT2D eigenvalue weighted by molar-refractivity contribution is -0.145. The van der Waals surface area contributed by atoms with E-state index in [-0.39, 0.29) is 11.9 Å². The summed E-state index contributed by atoms with van der Waals surface area (Å²) in [6.07, 6.45) is 2.13. The number of carbonyl (C=O) groups excluding carboxylic acids is 1. The van der Waals surface area contributed by atoms with Gasteiger partial charge in [-0.05, 0) is 61.1 Å². The van der Waals surface area contributed by atoms with E-state index in [1.165, 1.54) is 12.7 Å². The van der Waals surface area contributed by atoms with Crippen LogP contribution in [0.25, 0.3) is 11.3 Å². The van der Waals surface area contributed by atoms with Crippen LogP contribution >= 0.6 is 11.6 Å². The fourth-order valence-corrected chi connectivity index (χ4v) is 3.76. The molecule has 0 amide bonds. The Morgan fingerprint density at radius 2 is 1.88 bits per heavy atom. The lowest BCUT2D eigenvalue weighted by Crippen LogP contribution is -2.25. The van der Waals surface area contributed by atoms with Gasteiger partial charge in [0.1, 0.15) is 5.15 Å². The van der Waals surface area contributed by atoms with Crippen molar-refractivity contribution in [1.82, 2.24) is 4.98 Å². The number of nitrogens with zero attached hydrogens (tertiary/aromatic N) is 1. The minimum Gasteiger partial charge on any atom is -0.493 e. The number of pyridine rings is 1. The van der Waals surface area contributed by atoms with Crippen LogP contribution in [0.15, 0.2) is 18.2 Å². The predicted molar refractivity (Wildman–Crippen MR) is 100 cm³/mol. The van der Waals surface area contributed by atoms with E-state index >= 15 is 0 Å². The summed E-state index contributed by atoms with van der Waals surface area (Å²) in [6, 6.07) is 5.66. The molecule has 1 aliphatic rings. The quantitative estimate of drug-likeness (QED) is 0.597. The summed E-state index contributed by atoms with van der Waals surface area (Å²) >= 11 is 6.40. The largest absolute Gasteiger partial charge is 0.493 e. The second kappa shape index (κ2) is 7.54. The first-order valence-corrected chi connectivity index (χ1v) is 8.86. The van der Waals surface area contributed by atoms with Gasteiger partial charge in [-0.15, -0.1) is 0 Å². The molecule has 1 aromatic heterocycles. The molecule has 138 valence electrons. The number of halogens is 1. The highest BCUT2D eigenvalue weighted by atomic mass is 35.5. The lowest BCUT2D eigenvalue weighted by atomic mass is 9.80. The molecular formula is C20H22ClNO4. The monoisotopic (exact) mass is 375 g/mol. The molecule has 6 heteroatoms. The first-order valence-electron chi connectivity index (χ1n) is 8.48. The van der Waals surface area contributed by atoms with Crippen LogP contribution in [0.2, 0.25) is 5.15 Å². The smallest absolute Gasteiger partial charge is 0.309 e. The summed E-state index contributed by atoms with van der Waals surface area (Å²) in [7, 11) is 4.62. The summed E-state index contributed by atoms with van der Waals surface area (Å²) in [6.45, 7) is 1.98. The Kier molecular flexibility index (Phi) is 5.37. The fraction of sp³-hybridized carbons (Fsp3) is 0.400. The third-order valence-electron chi connectivity index (χ3n) is 5.01. The predicted octanol–water partition coefficient (Wildman–Crippen LogP) is 4.01. The highest BCUT2D eigenvalue weighted by Crippen LogP contribution is 2.39. The van der Waals surface area contributed by atoms with Crippen LogP contribution in [0.4, 0.5) is 0 Å². The van der Waals surface area contributed by atoms with E-state index < -0.39 is 0 Å². The van der Waals surface area contributed by atoms with Crippen LogP contribution < -0.4 is 9.47 Å². The standard InChI is InChI=1S/C20H22ClNO4/c1-11-14-7-5-13(20(23)26-4)9-15(14)18(22-19(11)21)12-6-8-16(24-2)17(10-12)25-3/h6,8,10,13H,5,7,9H2,1-4H3. The number of hydrogen-bond acceptors (Lipinski definition) is 5. The van der Waals surface area contributed by atoms with Crippen molar-refractivity contribution in [1.29, 1.82) is 0 Å². The molecule has 1 atom stereocenters. The molecule has 0 radical (unpaired) electrons. The summed E-state index contributed by atoms with van der Waals surface area (Å²) in [4.78, 5) is 16.7. The van der Waals surface area contributed by atoms with E-state index in [4.69, 9.17) is 25.8 Å². The number of aromatic nitrogens is 1. The number of methoxy groups -OCH3 is 3. The highest BCUT2D eigenvalue weighted by molar-refractivity contribution is 6.30. The van der Waals surface area contributed by atoms with Crippen LogP contribution in [0.1, 0.15) is 23.1 Å². The molecular weight excluding hydrogens is 354 g/mol. The lowest BCUT2D eigenvalue weighted by Gasteiger charge is -2.26. The molecule has 3 rings (SSSR count). The van der Waals surface area contributed by atoms with E-state index in [1.54, 1.807) is 14.2 Å². The van der Waals surface area contributed by atoms with Gasteiger partial charge in [-0.3, -0.25) is 4.79 Å². The van der Waals surface area contributed by atoms with Gasteiger partial charge in [-0.2, -0.15) is 0 Å². The summed E-state index contributed by atoms with van der Waals surface area (Å²) in [5.74, 6) is 0.934. The molecule has 0 fully saturated rings. The summed E-state index contributed by atoms with van der Waals surface area (Å²) < 4.78 is 15.7. The number of carbonyl (C=O) groups is 1. The first kappa shape index (κ1) is 18.5. The maximum absolute atomic E-state index is 12.1. The zero-order valence-corrected chi connectivity index (χ0v) is 16.1. The molecule has 1 heterocycles. The number of benzene rings is 1.